The molecule has 1 amide bonds. The fourth-order valence-corrected chi connectivity index (χ4v) is 3.61. The molecule has 0 N–H and O–H groups in total. The van der Waals surface area contributed by atoms with Crippen LogP contribution in [0.2, 0.25) is 0 Å². The highest BCUT2D eigenvalue weighted by Gasteiger charge is 2.40. The van der Waals surface area contributed by atoms with E-state index in [1.54, 1.807) is 25.1 Å². The maximum Gasteiger partial charge on any atom is 0.272 e. The first-order chi connectivity index (χ1) is 9.60. The summed E-state index contributed by atoms with van der Waals surface area (Å²) in [6, 6.07) is 5.77. The molecule has 0 atom stereocenters. The molecule has 4 nitrogen and oxygen atoms in total. The van der Waals surface area contributed by atoms with Gasteiger partial charge in [0.2, 0.25) is 0 Å². The fraction of sp³-hybridized carbons (Fsp3) is 0.625. The third kappa shape index (κ3) is 2.39. The van der Waals surface area contributed by atoms with Gasteiger partial charge < -0.3 is 9.80 Å². The number of hydrogen-bond donors (Lipinski definition) is 0. The largest absolute Gasteiger partial charge is 0.356 e. The van der Waals surface area contributed by atoms with Crippen LogP contribution in [-0.2, 0) is 0 Å². The van der Waals surface area contributed by atoms with Gasteiger partial charge in [0.15, 0.2) is 0 Å². The summed E-state index contributed by atoms with van der Waals surface area (Å²) in [4.78, 5) is 20.5. The monoisotopic (exact) mass is 273 g/mol. The van der Waals surface area contributed by atoms with Crippen molar-refractivity contribution in [3.05, 3.63) is 23.9 Å². The molecule has 1 spiro atoms. The highest BCUT2D eigenvalue weighted by atomic mass is 16.2. The second-order valence-corrected chi connectivity index (χ2v) is 6.46. The number of carbonyl (C=O) groups excluding carboxylic acids is 1. The van der Waals surface area contributed by atoms with E-state index >= 15 is 0 Å². The van der Waals surface area contributed by atoms with E-state index in [9.17, 15) is 4.79 Å². The maximum atomic E-state index is 12.0. The predicted octanol–water partition coefficient (Wildman–Crippen LogP) is 2.55. The van der Waals surface area contributed by atoms with Gasteiger partial charge in [0, 0.05) is 27.2 Å². The number of amides is 1. The molecule has 3 rings (SSSR count). The number of pyridine rings is 1. The van der Waals surface area contributed by atoms with E-state index in [2.05, 4.69) is 9.88 Å². The number of nitrogens with zero attached hydrogens (tertiary/aromatic N) is 3. The van der Waals surface area contributed by atoms with Crippen molar-refractivity contribution in [2.45, 2.75) is 32.1 Å². The summed E-state index contributed by atoms with van der Waals surface area (Å²) < 4.78 is 0. The van der Waals surface area contributed by atoms with Crippen LogP contribution in [-0.4, -0.2) is 43.0 Å². The van der Waals surface area contributed by atoms with Gasteiger partial charge in [-0.1, -0.05) is 18.9 Å². The first-order valence-corrected chi connectivity index (χ1v) is 7.53. The van der Waals surface area contributed by atoms with Gasteiger partial charge in [-0.05, 0) is 36.8 Å². The quantitative estimate of drug-likeness (QED) is 0.831. The molecule has 2 aliphatic rings. The van der Waals surface area contributed by atoms with E-state index < -0.39 is 0 Å². The summed E-state index contributed by atoms with van der Waals surface area (Å²) >= 11 is 0. The molecule has 108 valence electrons. The van der Waals surface area contributed by atoms with E-state index in [1.165, 1.54) is 32.1 Å². The van der Waals surface area contributed by atoms with Gasteiger partial charge in [0.1, 0.15) is 11.5 Å². The molecule has 0 unspecified atom stereocenters. The van der Waals surface area contributed by atoms with Crippen molar-refractivity contribution in [1.29, 1.82) is 0 Å². The Morgan fingerprint density at radius 2 is 2.00 bits per heavy atom. The van der Waals surface area contributed by atoms with Gasteiger partial charge in [0.05, 0.1) is 0 Å². The fourth-order valence-electron chi connectivity index (χ4n) is 3.61. The van der Waals surface area contributed by atoms with E-state index in [0.29, 0.717) is 11.1 Å². The van der Waals surface area contributed by atoms with E-state index in [1.807, 2.05) is 12.1 Å². The minimum absolute atomic E-state index is 0.0263. The Kier molecular flexibility index (Phi) is 3.40. The summed E-state index contributed by atoms with van der Waals surface area (Å²) in [6.07, 6.45) is 6.75. The number of carbonyl (C=O) groups is 1. The van der Waals surface area contributed by atoms with Gasteiger partial charge in [-0.15, -0.1) is 0 Å². The molecule has 1 aliphatic carbocycles. The van der Waals surface area contributed by atoms with Gasteiger partial charge in [-0.3, -0.25) is 4.79 Å². The van der Waals surface area contributed by atoms with Crippen LogP contribution in [0.3, 0.4) is 0 Å². The summed E-state index contributed by atoms with van der Waals surface area (Å²) in [5.41, 5.74) is 1.07. The number of anilines is 1. The molecule has 1 aromatic heterocycles. The first-order valence-electron chi connectivity index (χ1n) is 7.53. The summed E-state index contributed by atoms with van der Waals surface area (Å²) in [6.45, 7) is 2.19. The van der Waals surface area contributed by atoms with Crippen molar-refractivity contribution in [3.8, 4) is 0 Å². The molecule has 0 aromatic carbocycles. The summed E-state index contributed by atoms with van der Waals surface area (Å²) in [7, 11) is 3.53. The van der Waals surface area contributed by atoms with Crippen molar-refractivity contribution >= 4 is 11.7 Å². The van der Waals surface area contributed by atoms with Crippen molar-refractivity contribution in [3.63, 3.8) is 0 Å². The molecule has 1 saturated carbocycles. The SMILES string of the molecule is CN(C)C(=O)c1cccc(N2CCC3(CCCC3)C2)n1. The molecule has 1 saturated heterocycles. The summed E-state index contributed by atoms with van der Waals surface area (Å²) in [5.74, 6) is 0.933. The third-order valence-electron chi connectivity index (χ3n) is 4.79. The Morgan fingerprint density at radius 1 is 1.25 bits per heavy atom. The molecule has 2 heterocycles. The minimum atomic E-state index is -0.0263. The van der Waals surface area contributed by atoms with Crippen molar-refractivity contribution in [1.82, 2.24) is 9.88 Å². The van der Waals surface area contributed by atoms with E-state index in [-0.39, 0.29) is 5.91 Å². The predicted molar refractivity (Wildman–Crippen MR) is 80.0 cm³/mol. The van der Waals surface area contributed by atoms with Gasteiger partial charge in [0.25, 0.3) is 5.91 Å². The van der Waals surface area contributed by atoms with Crippen molar-refractivity contribution < 1.29 is 4.79 Å². The van der Waals surface area contributed by atoms with Crippen molar-refractivity contribution in [2.24, 2.45) is 5.41 Å². The van der Waals surface area contributed by atoms with Crippen LogP contribution in [0.25, 0.3) is 0 Å². The average Bonchev–Trinajstić information content (AvgIpc) is 3.09. The third-order valence-corrected chi connectivity index (χ3v) is 4.79. The van der Waals surface area contributed by atoms with Crippen LogP contribution >= 0.6 is 0 Å². The van der Waals surface area contributed by atoms with Gasteiger partial charge >= 0.3 is 0 Å². The minimum Gasteiger partial charge on any atom is -0.356 e. The molecule has 1 aliphatic heterocycles. The Morgan fingerprint density at radius 3 is 2.70 bits per heavy atom. The zero-order valence-corrected chi connectivity index (χ0v) is 12.4. The Hall–Kier alpha value is -1.58. The molecule has 4 heteroatoms. The highest BCUT2D eigenvalue weighted by Crippen LogP contribution is 2.46. The number of hydrogen-bond acceptors (Lipinski definition) is 3. The van der Waals surface area contributed by atoms with Crippen LogP contribution in [0.1, 0.15) is 42.6 Å². The van der Waals surface area contributed by atoms with Crippen LogP contribution in [0.15, 0.2) is 18.2 Å². The smallest absolute Gasteiger partial charge is 0.272 e. The van der Waals surface area contributed by atoms with E-state index in [4.69, 9.17) is 0 Å². The molecular formula is C16H23N3O. The molecule has 0 bridgehead atoms. The highest BCUT2D eigenvalue weighted by molar-refractivity contribution is 5.92. The Balaban J connectivity index is 1.78. The maximum absolute atomic E-state index is 12.0. The lowest BCUT2D eigenvalue weighted by Crippen LogP contribution is -2.27. The number of aromatic nitrogens is 1. The Labute approximate surface area is 120 Å². The van der Waals surface area contributed by atoms with Crippen LogP contribution < -0.4 is 4.90 Å². The first kappa shape index (κ1) is 13.4. The Bertz CT molecular complexity index is 506. The van der Waals surface area contributed by atoms with Gasteiger partial charge in [-0.25, -0.2) is 4.98 Å². The zero-order valence-electron chi connectivity index (χ0n) is 12.4. The average molecular weight is 273 g/mol. The second-order valence-electron chi connectivity index (χ2n) is 6.46. The standard InChI is InChI=1S/C16H23N3O/c1-18(2)15(20)13-6-5-7-14(17-13)19-11-10-16(12-19)8-3-4-9-16/h5-7H,3-4,8-12H2,1-2H3. The van der Waals surface area contributed by atoms with Crippen LogP contribution in [0, 0.1) is 5.41 Å². The lowest BCUT2D eigenvalue weighted by molar-refractivity contribution is 0.0822. The van der Waals surface area contributed by atoms with E-state index in [0.717, 1.165) is 18.9 Å². The molecule has 0 radical (unpaired) electrons. The molecule has 1 aromatic rings. The summed E-state index contributed by atoms with van der Waals surface area (Å²) in [5, 5.41) is 0. The second kappa shape index (κ2) is 5.08. The molecule has 20 heavy (non-hydrogen) atoms. The van der Waals surface area contributed by atoms with Crippen LogP contribution in [0.4, 0.5) is 5.82 Å². The molecular weight excluding hydrogens is 250 g/mol. The van der Waals surface area contributed by atoms with Gasteiger partial charge in [-0.2, -0.15) is 0 Å². The van der Waals surface area contributed by atoms with Crippen molar-refractivity contribution in [2.75, 3.05) is 32.1 Å². The normalized spacial score (nSPS) is 20.6. The lowest BCUT2D eigenvalue weighted by Gasteiger charge is -2.24. The topological polar surface area (TPSA) is 36.4 Å². The molecule has 2 fully saturated rings. The number of rotatable bonds is 2. The lowest BCUT2D eigenvalue weighted by atomic mass is 9.86. The van der Waals surface area contributed by atoms with Crippen LogP contribution in [0.5, 0.6) is 0 Å². The zero-order chi connectivity index (χ0) is 14.2.